The highest BCUT2D eigenvalue weighted by Gasteiger charge is 2.41. The molecule has 1 aliphatic rings. The van der Waals surface area contributed by atoms with Crippen molar-refractivity contribution in [3.8, 4) is 0 Å². The molecule has 0 radical (unpaired) electrons. The van der Waals surface area contributed by atoms with E-state index in [1.165, 1.54) is 5.56 Å². The summed E-state index contributed by atoms with van der Waals surface area (Å²) >= 11 is 0. The van der Waals surface area contributed by atoms with Crippen molar-refractivity contribution in [1.82, 2.24) is 4.90 Å². The lowest BCUT2D eigenvalue weighted by atomic mass is 10.0. The first kappa shape index (κ1) is 14.1. The summed E-state index contributed by atoms with van der Waals surface area (Å²) in [6.07, 6.45) is 0.473. The molecule has 2 heterocycles. The third kappa shape index (κ3) is 2.43. The average molecular weight is 288 g/mol. The number of nitrogens with two attached hydrogens (primary N) is 1. The molecule has 1 atom stereocenters. The van der Waals surface area contributed by atoms with Gasteiger partial charge in [-0.15, -0.1) is 0 Å². The summed E-state index contributed by atoms with van der Waals surface area (Å²) in [5.74, 6) is -0.0350. The number of aryl methyl sites for hydroxylation is 2. The maximum atomic E-state index is 11.2. The standard InChI is InChI=1S/C16H20N2O3/c1-10-3-4-13-12(7-10)11(2)14(21-13)8-18-6-5-16(17,9-18)15(19)20/h3-4,7H,5-6,8-9,17H2,1-2H3,(H,19,20). The van der Waals surface area contributed by atoms with E-state index in [4.69, 9.17) is 10.2 Å². The van der Waals surface area contributed by atoms with Gasteiger partial charge in [-0.25, -0.2) is 0 Å². The van der Waals surface area contributed by atoms with Gasteiger partial charge >= 0.3 is 5.97 Å². The van der Waals surface area contributed by atoms with Crippen molar-refractivity contribution in [2.75, 3.05) is 13.1 Å². The van der Waals surface area contributed by atoms with Crippen molar-refractivity contribution >= 4 is 16.9 Å². The molecule has 0 spiro atoms. The Morgan fingerprint density at radius 1 is 1.48 bits per heavy atom. The van der Waals surface area contributed by atoms with Crippen LogP contribution >= 0.6 is 0 Å². The lowest BCUT2D eigenvalue weighted by molar-refractivity contribution is -0.142. The van der Waals surface area contributed by atoms with Crippen LogP contribution in [0.25, 0.3) is 11.0 Å². The number of hydrogen-bond donors (Lipinski definition) is 2. The second-order valence-electron chi connectivity index (χ2n) is 6.07. The van der Waals surface area contributed by atoms with Crippen LogP contribution in [-0.2, 0) is 11.3 Å². The van der Waals surface area contributed by atoms with Crippen LogP contribution in [0.1, 0.15) is 23.3 Å². The summed E-state index contributed by atoms with van der Waals surface area (Å²) in [6, 6.07) is 6.13. The third-order valence-corrected chi connectivity index (χ3v) is 4.36. The Balaban J connectivity index is 1.83. The van der Waals surface area contributed by atoms with Crippen molar-refractivity contribution in [2.24, 2.45) is 5.73 Å². The molecular weight excluding hydrogens is 268 g/mol. The molecule has 0 aliphatic carbocycles. The minimum Gasteiger partial charge on any atom is -0.480 e. The Bertz CT molecular complexity index is 707. The smallest absolute Gasteiger partial charge is 0.325 e. The Labute approximate surface area is 123 Å². The number of benzene rings is 1. The van der Waals surface area contributed by atoms with Gasteiger partial charge in [-0.05, 0) is 38.0 Å². The highest BCUT2D eigenvalue weighted by Crippen LogP contribution is 2.29. The summed E-state index contributed by atoms with van der Waals surface area (Å²) in [5, 5.41) is 10.3. The highest BCUT2D eigenvalue weighted by atomic mass is 16.4. The maximum absolute atomic E-state index is 11.2. The van der Waals surface area contributed by atoms with Crippen LogP contribution in [-0.4, -0.2) is 34.6 Å². The van der Waals surface area contributed by atoms with E-state index in [0.717, 1.165) is 22.3 Å². The molecule has 0 amide bonds. The van der Waals surface area contributed by atoms with Crippen LogP contribution in [0.15, 0.2) is 22.6 Å². The summed E-state index contributed by atoms with van der Waals surface area (Å²) in [4.78, 5) is 13.2. The zero-order valence-electron chi connectivity index (χ0n) is 12.3. The highest BCUT2D eigenvalue weighted by molar-refractivity contribution is 5.82. The first-order chi connectivity index (χ1) is 9.89. The van der Waals surface area contributed by atoms with Crippen LogP contribution in [0.3, 0.4) is 0 Å². The summed E-state index contributed by atoms with van der Waals surface area (Å²) in [7, 11) is 0. The van der Waals surface area contributed by atoms with Gasteiger partial charge in [0.05, 0.1) is 6.54 Å². The van der Waals surface area contributed by atoms with Crippen LogP contribution in [0.4, 0.5) is 0 Å². The van der Waals surface area contributed by atoms with E-state index < -0.39 is 11.5 Å². The number of likely N-dealkylation sites (tertiary alicyclic amines) is 1. The minimum absolute atomic E-state index is 0.359. The van der Waals surface area contributed by atoms with Crippen LogP contribution in [0.5, 0.6) is 0 Å². The van der Waals surface area contributed by atoms with E-state index >= 15 is 0 Å². The topological polar surface area (TPSA) is 79.7 Å². The molecule has 1 aliphatic heterocycles. The zero-order valence-corrected chi connectivity index (χ0v) is 12.3. The van der Waals surface area contributed by atoms with Gasteiger partial charge in [-0.2, -0.15) is 0 Å². The van der Waals surface area contributed by atoms with Gasteiger partial charge in [0.1, 0.15) is 16.9 Å². The molecule has 1 fully saturated rings. The molecule has 3 N–H and O–H groups in total. The number of hydrogen-bond acceptors (Lipinski definition) is 4. The molecule has 0 bridgehead atoms. The molecular formula is C16H20N2O3. The largest absolute Gasteiger partial charge is 0.480 e. The van der Waals surface area contributed by atoms with Gasteiger partial charge in [0.2, 0.25) is 0 Å². The van der Waals surface area contributed by atoms with Gasteiger partial charge in [-0.1, -0.05) is 11.6 Å². The maximum Gasteiger partial charge on any atom is 0.325 e. The predicted octanol–water partition coefficient (Wildman–Crippen LogP) is 2.04. The summed E-state index contributed by atoms with van der Waals surface area (Å²) < 4.78 is 5.91. The fourth-order valence-electron chi connectivity index (χ4n) is 2.96. The number of aliphatic carboxylic acids is 1. The lowest BCUT2D eigenvalue weighted by Crippen LogP contribution is -2.50. The fraction of sp³-hybridized carbons (Fsp3) is 0.438. The Kier molecular flexibility index (Phi) is 3.26. The van der Waals surface area contributed by atoms with E-state index in [-0.39, 0.29) is 0 Å². The number of rotatable bonds is 3. The molecule has 0 saturated carbocycles. The molecule has 5 nitrogen and oxygen atoms in total. The third-order valence-electron chi connectivity index (χ3n) is 4.36. The van der Waals surface area contributed by atoms with E-state index in [1.54, 1.807) is 0 Å². The molecule has 5 heteroatoms. The van der Waals surface area contributed by atoms with E-state index in [2.05, 4.69) is 13.0 Å². The molecule has 1 unspecified atom stereocenters. The van der Waals surface area contributed by atoms with Gasteiger partial charge < -0.3 is 15.3 Å². The molecule has 2 aromatic rings. The van der Waals surface area contributed by atoms with Crippen LogP contribution in [0.2, 0.25) is 0 Å². The Morgan fingerprint density at radius 2 is 2.24 bits per heavy atom. The monoisotopic (exact) mass is 288 g/mol. The fourth-order valence-corrected chi connectivity index (χ4v) is 2.96. The van der Waals surface area contributed by atoms with Crippen molar-refractivity contribution in [1.29, 1.82) is 0 Å². The normalized spacial score (nSPS) is 23.0. The first-order valence-electron chi connectivity index (χ1n) is 7.12. The van der Waals surface area contributed by atoms with E-state index in [9.17, 15) is 9.90 Å². The lowest BCUT2D eigenvalue weighted by Gasteiger charge is -2.19. The molecule has 1 aromatic carbocycles. The number of carbonyl (C=O) groups is 1. The first-order valence-corrected chi connectivity index (χ1v) is 7.12. The van der Waals surface area contributed by atoms with Crippen molar-refractivity contribution < 1.29 is 14.3 Å². The number of fused-ring (bicyclic) bond motifs is 1. The molecule has 21 heavy (non-hydrogen) atoms. The molecule has 1 aromatic heterocycles. The van der Waals surface area contributed by atoms with Gasteiger partial charge in [-0.3, -0.25) is 9.69 Å². The van der Waals surface area contributed by atoms with Gasteiger partial charge in [0, 0.05) is 18.5 Å². The van der Waals surface area contributed by atoms with Gasteiger partial charge in [0.25, 0.3) is 0 Å². The van der Waals surface area contributed by atoms with E-state index in [0.29, 0.717) is 26.1 Å². The van der Waals surface area contributed by atoms with E-state index in [1.807, 2.05) is 24.0 Å². The predicted molar refractivity (Wildman–Crippen MR) is 80.1 cm³/mol. The molecule has 112 valence electrons. The number of carboxylic acids is 1. The quantitative estimate of drug-likeness (QED) is 0.903. The number of furan rings is 1. The number of nitrogens with zero attached hydrogens (tertiary/aromatic N) is 1. The van der Waals surface area contributed by atoms with Gasteiger partial charge in [0.15, 0.2) is 0 Å². The SMILES string of the molecule is Cc1ccc2oc(CN3CCC(N)(C(=O)O)C3)c(C)c2c1. The Hall–Kier alpha value is -1.85. The second kappa shape index (κ2) is 4.86. The van der Waals surface area contributed by atoms with Crippen LogP contribution in [0, 0.1) is 13.8 Å². The summed E-state index contributed by atoms with van der Waals surface area (Å²) in [5.41, 5.74) is 7.98. The second-order valence-corrected chi connectivity index (χ2v) is 6.07. The van der Waals surface area contributed by atoms with Crippen molar-refractivity contribution in [3.05, 3.63) is 35.1 Å². The molecule has 1 saturated heterocycles. The zero-order chi connectivity index (χ0) is 15.2. The Morgan fingerprint density at radius 3 is 2.90 bits per heavy atom. The van der Waals surface area contributed by atoms with Crippen molar-refractivity contribution in [3.63, 3.8) is 0 Å². The molecule has 3 rings (SSSR count). The van der Waals surface area contributed by atoms with Crippen molar-refractivity contribution in [2.45, 2.75) is 32.4 Å². The number of carboxylic acid groups (broad SMARTS) is 1. The average Bonchev–Trinajstić information content (AvgIpc) is 2.94. The van der Waals surface area contributed by atoms with Crippen LogP contribution < -0.4 is 5.73 Å². The minimum atomic E-state index is -1.13. The summed E-state index contributed by atoms with van der Waals surface area (Å²) in [6.45, 7) is 5.74.